The van der Waals surface area contributed by atoms with Crippen molar-refractivity contribution in [2.45, 2.75) is 0 Å². The molecule has 0 aromatic carbocycles. The summed E-state index contributed by atoms with van der Waals surface area (Å²) in [6, 6.07) is 1.36. The maximum atomic E-state index is 10.8. The normalized spacial score (nSPS) is 10.6. The van der Waals surface area contributed by atoms with Gasteiger partial charge in [-0.05, 0) is 22.0 Å². The van der Waals surface area contributed by atoms with E-state index in [0.717, 1.165) is 0 Å². The number of hydrogen-bond donors (Lipinski definition) is 2. The highest BCUT2D eigenvalue weighted by Gasteiger charge is 2.14. The molecule has 0 saturated carbocycles. The minimum absolute atomic E-state index is 0.0207. The number of carbonyl (C=O) groups is 1. The fourth-order valence-corrected chi connectivity index (χ4v) is 1.43. The predicted molar refractivity (Wildman–Crippen MR) is 52.1 cm³/mol. The molecule has 2 heterocycles. The molecule has 0 unspecified atom stereocenters. The quantitative estimate of drug-likeness (QED) is 0.786. The third-order valence-corrected chi connectivity index (χ3v) is 2.31. The maximum Gasteiger partial charge on any atom is 0.354 e. The Balaban J connectivity index is 2.88. The minimum Gasteiger partial charge on any atom is -0.477 e. The first-order valence-corrected chi connectivity index (χ1v) is 4.42. The highest BCUT2D eigenvalue weighted by atomic mass is 79.9. The predicted octanol–water partition coefficient (Wildman–Crippen LogP) is 0.772. The summed E-state index contributed by atoms with van der Waals surface area (Å²) in [6.07, 6.45) is 1.38. The molecule has 0 fully saturated rings. The molecule has 0 atom stereocenters. The fourth-order valence-electron chi connectivity index (χ4n) is 1.10. The summed E-state index contributed by atoms with van der Waals surface area (Å²) < 4.78 is 1.57. The van der Waals surface area contributed by atoms with Crippen molar-refractivity contribution in [2.24, 2.45) is 0 Å². The second kappa shape index (κ2) is 2.95. The number of carboxylic acid groups (broad SMARTS) is 1. The Morgan fingerprint density at radius 1 is 1.64 bits per heavy atom. The highest BCUT2D eigenvalue weighted by Crippen LogP contribution is 2.22. The summed E-state index contributed by atoms with van der Waals surface area (Å²) in [5, 5.41) is 12.7. The van der Waals surface area contributed by atoms with E-state index < -0.39 is 5.97 Å². The van der Waals surface area contributed by atoms with Gasteiger partial charge in [0, 0.05) is 6.20 Å². The number of rotatable bonds is 1. The third kappa shape index (κ3) is 1.13. The smallest absolute Gasteiger partial charge is 0.354 e. The molecule has 0 amide bonds. The topological polar surface area (TPSA) is 93.5 Å². The lowest BCUT2D eigenvalue weighted by molar-refractivity contribution is 0.0687. The van der Waals surface area contributed by atoms with Crippen LogP contribution in [0.2, 0.25) is 0 Å². The third-order valence-electron chi connectivity index (χ3n) is 1.73. The molecule has 0 spiro atoms. The summed E-state index contributed by atoms with van der Waals surface area (Å²) in [5.74, 6) is -1.08. The van der Waals surface area contributed by atoms with Crippen molar-refractivity contribution in [1.29, 1.82) is 0 Å². The van der Waals surface area contributed by atoms with Crippen LogP contribution in [-0.2, 0) is 0 Å². The van der Waals surface area contributed by atoms with Crippen molar-refractivity contribution >= 4 is 33.2 Å². The number of carboxylic acids is 1. The summed E-state index contributed by atoms with van der Waals surface area (Å²) in [5.41, 5.74) is 6.30. The highest BCUT2D eigenvalue weighted by molar-refractivity contribution is 9.10. The molecule has 3 N–H and O–H groups in total. The van der Waals surface area contributed by atoms with Crippen molar-refractivity contribution in [3.05, 3.63) is 22.6 Å². The number of nitrogens with zero attached hydrogens (tertiary/aromatic N) is 3. The van der Waals surface area contributed by atoms with E-state index in [9.17, 15) is 4.79 Å². The molecule has 2 aromatic heterocycles. The molecule has 72 valence electrons. The molecule has 0 bridgehead atoms. The summed E-state index contributed by atoms with van der Waals surface area (Å²) in [4.78, 5) is 14.7. The lowest BCUT2D eigenvalue weighted by Gasteiger charge is -1.97. The second-order valence-corrected chi connectivity index (χ2v) is 3.33. The number of nitrogen functional groups attached to an aromatic ring is 1. The average molecular weight is 257 g/mol. The van der Waals surface area contributed by atoms with Crippen LogP contribution in [-0.4, -0.2) is 25.7 Å². The van der Waals surface area contributed by atoms with E-state index in [0.29, 0.717) is 15.9 Å². The SMILES string of the molecule is Nc1c(Br)nn2c(C(=O)O)ccnc12. The van der Waals surface area contributed by atoms with E-state index in [1.54, 1.807) is 0 Å². The van der Waals surface area contributed by atoms with Crippen LogP contribution in [0.1, 0.15) is 10.5 Å². The van der Waals surface area contributed by atoms with Crippen LogP contribution >= 0.6 is 15.9 Å². The van der Waals surface area contributed by atoms with E-state index in [2.05, 4.69) is 26.0 Å². The molecule has 14 heavy (non-hydrogen) atoms. The van der Waals surface area contributed by atoms with Crippen molar-refractivity contribution in [2.75, 3.05) is 5.73 Å². The van der Waals surface area contributed by atoms with Gasteiger partial charge in [0.15, 0.2) is 15.9 Å². The first kappa shape index (κ1) is 8.95. The zero-order valence-corrected chi connectivity index (χ0v) is 8.39. The molecule has 0 radical (unpaired) electrons. The van der Waals surface area contributed by atoms with Gasteiger partial charge in [0.1, 0.15) is 5.69 Å². The zero-order chi connectivity index (χ0) is 10.3. The van der Waals surface area contributed by atoms with E-state index >= 15 is 0 Å². The van der Waals surface area contributed by atoms with Gasteiger partial charge in [-0.15, -0.1) is 0 Å². The Morgan fingerprint density at radius 2 is 2.36 bits per heavy atom. The van der Waals surface area contributed by atoms with Gasteiger partial charge in [-0.1, -0.05) is 0 Å². The molecule has 0 aliphatic carbocycles. The van der Waals surface area contributed by atoms with Gasteiger partial charge in [-0.25, -0.2) is 14.3 Å². The minimum atomic E-state index is -1.08. The Labute approximate surface area is 86.5 Å². The van der Waals surface area contributed by atoms with Crippen LogP contribution in [0.25, 0.3) is 5.65 Å². The second-order valence-electron chi connectivity index (χ2n) is 2.58. The van der Waals surface area contributed by atoms with Crippen molar-refractivity contribution in [3.8, 4) is 0 Å². The maximum absolute atomic E-state index is 10.8. The number of aromatic carboxylic acids is 1. The molecule has 2 aromatic rings. The molecular weight excluding hydrogens is 252 g/mol. The molecular formula is C7H5BrN4O2. The Morgan fingerprint density at radius 3 is 3.00 bits per heavy atom. The van der Waals surface area contributed by atoms with Crippen LogP contribution in [0.3, 0.4) is 0 Å². The van der Waals surface area contributed by atoms with Gasteiger partial charge in [-0.2, -0.15) is 5.10 Å². The summed E-state index contributed by atoms with van der Waals surface area (Å²) in [7, 11) is 0. The van der Waals surface area contributed by atoms with Crippen molar-refractivity contribution < 1.29 is 9.90 Å². The number of aromatic nitrogens is 3. The Kier molecular flexibility index (Phi) is 1.88. The lowest BCUT2D eigenvalue weighted by Crippen LogP contribution is -2.06. The Hall–Kier alpha value is -1.63. The number of halogens is 1. The van der Waals surface area contributed by atoms with Gasteiger partial charge in [-0.3, -0.25) is 0 Å². The number of anilines is 1. The van der Waals surface area contributed by atoms with Gasteiger partial charge < -0.3 is 10.8 Å². The fraction of sp³-hybridized carbons (Fsp3) is 0. The Bertz CT molecular complexity index is 522. The van der Waals surface area contributed by atoms with Crippen LogP contribution in [0.5, 0.6) is 0 Å². The number of fused-ring (bicyclic) bond motifs is 1. The average Bonchev–Trinajstić information content (AvgIpc) is 2.43. The van der Waals surface area contributed by atoms with Gasteiger partial charge in [0.2, 0.25) is 0 Å². The van der Waals surface area contributed by atoms with Crippen LogP contribution in [0.4, 0.5) is 5.69 Å². The standard InChI is InChI=1S/C7H5BrN4O2/c8-5-4(9)6-10-2-1-3(7(13)14)12(6)11-5/h1-2H,9H2,(H,13,14). The van der Waals surface area contributed by atoms with Gasteiger partial charge in [0.05, 0.1) is 0 Å². The first-order chi connectivity index (χ1) is 6.61. The van der Waals surface area contributed by atoms with Crippen molar-refractivity contribution in [3.63, 3.8) is 0 Å². The molecule has 0 aliphatic rings. The molecule has 0 saturated heterocycles. The van der Waals surface area contributed by atoms with E-state index in [-0.39, 0.29) is 5.69 Å². The van der Waals surface area contributed by atoms with Crippen LogP contribution < -0.4 is 5.73 Å². The van der Waals surface area contributed by atoms with Crippen LogP contribution in [0.15, 0.2) is 16.9 Å². The number of hydrogen-bond acceptors (Lipinski definition) is 4. The first-order valence-electron chi connectivity index (χ1n) is 3.63. The van der Waals surface area contributed by atoms with Gasteiger partial charge >= 0.3 is 5.97 Å². The van der Waals surface area contributed by atoms with Gasteiger partial charge in [0.25, 0.3) is 0 Å². The van der Waals surface area contributed by atoms with E-state index in [1.807, 2.05) is 0 Å². The van der Waals surface area contributed by atoms with Crippen LogP contribution in [0, 0.1) is 0 Å². The number of nitrogens with two attached hydrogens (primary N) is 1. The van der Waals surface area contributed by atoms with E-state index in [1.165, 1.54) is 16.8 Å². The zero-order valence-electron chi connectivity index (χ0n) is 6.81. The summed E-state index contributed by atoms with van der Waals surface area (Å²) in [6.45, 7) is 0. The van der Waals surface area contributed by atoms with Crippen molar-refractivity contribution in [1.82, 2.24) is 14.6 Å². The molecule has 7 heteroatoms. The molecule has 6 nitrogen and oxygen atoms in total. The largest absolute Gasteiger partial charge is 0.477 e. The molecule has 0 aliphatic heterocycles. The lowest BCUT2D eigenvalue weighted by atomic mass is 10.4. The monoisotopic (exact) mass is 256 g/mol. The molecule has 2 rings (SSSR count). The van der Waals surface area contributed by atoms with E-state index in [4.69, 9.17) is 10.8 Å². The summed E-state index contributed by atoms with van der Waals surface area (Å²) >= 11 is 3.10.